The molecule has 10 heteroatoms. The Balaban J connectivity index is 2.32. The van der Waals surface area contributed by atoms with Crippen LogP contribution >= 0.6 is 0 Å². The van der Waals surface area contributed by atoms with E-state index in [-0.39, 0.29) is 35.7 Å². The van der Waals surface area contributed by atoms with Crippen molar-refractivity contribution in [2.24, 2.45) is 11.6 Å². The van der Waals surface area contributed by atoms with Gasteiger partial charge < -0.3 is 20.7 Å². The van der Waals surface area contributed by atoms with Crippen LogP contribution in [0.2, 0.25) is 0 Å². The summed E-state index contributed by atoms with van der Waals surface area (Å²) in [6, 6.07) is 6.63. The maximum Gasteiger partial charge on any atom is 0.271 e. The summed E-state index contributed by atoms with van der Waals surface area (Å²) in [5, 5.41) is 4.28. The Morgan fingerprint density at radius 3 is 2.46 bits per heavy atom. The molecule has 1 heterocycles. The Morgan fingerprint density at radius 1 is 1.29 bits per heavy atom. The molecule has 0 saturated carbocycles. The van der Waals surface area contributed by atoms with Crippen molar-refractivity contribution in [2.75, 3.05) is 22.3 Å². The highest BCUT2D eigenvalue weighted by molar-refractivity contribution is 5.96. The zero-order valence-electron chi connectivity index (χ0n) is 15.9. The predicted molar refractivity (Wildman–Crippen MR) is 106 cm³/mol. The average Bonchev–Trinajstić information content (AvgIpc) is 2.67. The Kier molecular flexibility index (Phi) is 6.61. The Bertz CT molecular complexity index is 870. The molecule has 0 saturated heterocycles. The lowest BCUT2D eigenvalue weighted by Gasteiger charge is -2.24. The number of hydrogen-bond acceptors (Lipinski definition) is 8. The summed E-state index contributed by atoms with van der Waals surface area (Å²) in [5.41, 5.74) is 6.65. The number of anilines is 4. The molecule has 1 atom stereocenters. The van der Waals surface area contributed by atoms with E-state index in [4.69, 9.17) is 11.6 Å². The van der Waals surface area contributed by atoms with Crippen LogP contribution in [0.5, 0.6) is 0 Å². The summed E-state index contributed by atoms with van der Waals surface area (Å²) in [4.78, 5) is 43.7. The van der Waals surface area contributed by atoms with Crippen molar-refractivity contribution in [3.63, 3.8) is 0 Å². The molecule has 0 aliphatic carbocycles. The van der Waals surface area contributed by atoms with Crippen LogP contribution in [0.4, 0.5) is 23.0 Å². The number of carbonyl (C=O) groups is 3. The van der Waals surface area contributed by atoms with Gasteiger partial charge in [0.05, 0.1) is 12.2 Å². The number of nitrogens with zero attached hydrogens (tertiary/aromatic N) is 4. The maximum absolute atomic E-state index is 11.7. The average molecular weight is 385 g/mol. The highest BCUT2D eigenvalue weighted by atomic mass is 16.2. The highest BCUT2D eigenvalue weighted by Crippen LogP contribution is 2.23. The first-order valence-corrected chi connectivity index (χ1v) is 8.50. The van der Waals surface area contributed by atoms with E-state index < -0.39 is 5.91 Å². The van der Waals surface area contributed by atoms with Gasteiger partial charge in [-0.05, 0) is 31.2 Å². The van der Waals surface area contributed by atoms with Gasteiger partial charge in [-0.25, -0.2) is 15.8 Å². The quantitative estimate of drug-likeness (QED) is 0.346. The van der Waals surface area contributed by atoms with E-state index >= 15 is 0 Å². The monoisotopic (exact) mass is 385 g/mol. The van der Waals surface area contributed by atoms with Gasteiger partial charge in [-0.2, -0.15) is 0 Å². The Labute approximate surface area is 162 Å². The molecular formula is C18H23N7O3. The fourth-order valence-corrected chi connectivity index (χ4v) is 2.34. The van der Waals surface area contributed by atoms with Gasteiger partial charge in [-0.1, -0.05) is 0 Å². The number of amides is 2. The van der Waals surface area contributed by atoms with Gasteiger partial charge in [0.15, 0.2) is 17.3 Å². The molecule has 2 amide bonds. The second-order valence-corrected chi connectivity index (χ2v) is 6.20. The van der Waals surface area contributed by atoms with Crippen LogP contribution in [0.25, 0.3) is 0 Å². The Morgan fingerprint density at radius 2 is 1.93 bits per heavy atom. The van der Waals surface area contributed by atoms with Crippen LogP contribution in [-0.2, 0) is 9.59 Å². The fraction of sp³-hybridized carbons (Fsp3) is 0.278. The van der Waals surface area contributed by atoms with Gasteiger partial charge in [0, 0.05) is 31.8 Å². The van der Waals surface area contributed by atoms with E-state index in [2.05, 4.69) is 15.3 Å². The van der Waals surface area contributed by atoms with Gasteiger partial charge in [-0.3, -0.25) is 14.6 Å². The maximum atomic E-state index is 11.7. The largest absolute Gasteiger partial charge is 0.364 e. The Hall–Kier alpha value is -3.53. The topological polar surface area (TPSA) is 148 Å². The van der Waals surface area contributed by atoms with Crippen LogP contribution in [-0.4, -0.2) is 41.2 Å². The third kappa shape index (κ3) is 4.80. The number of benzene rings is 1. The molecule has 0 aliphatic heterocycles. The van der Waals surface area contributed by atoms with Crippen LogP contribution in [0.1, 0.15) is 30.8 Å². The predicted octanol–water partition coefficient (Wildman–Crippen LogP) is 0.959. The highest BCUT2D eigenvalue weighted by Gasteiger charge is 2.18. The first-order valence-electron chi connectivity index (χ1n) is 8.50. The number of hydrazine groups is 1. The lowest BCUT2D eigenvalue weighted by molar-refractivity contribution is -0.116. The molecule has 0 fully saturated rings. The standard InChI is InChI=1S/C18H23N7O3/c1-11(8-9-26)25(20)15-10-21-16(17(19)28)18(23-15)22-13-4-6-14(7-5-13)24(3)12(2)27/h4-7,9-11H,8,20H2,1-3H3,(H2,19,28)(H,22,23)/t11-/m1/s1. The summed E-state index contributed by atoms with van der Waals surface area (Å²) < 4.78 is 0. The normalized spacial score (nSPS) is 11.4. The minimum Gasteiger partial charge on any atom is -0.364 e. The van der Waals surface area contributed by atoms with Gasteiger partial charge in [0.25, 0.3) is 5.91 Å². The first kappa shape index (κ1) is 20.8. The third-order valence-electron chi connectivity index (χ3n) is 4.16. The van der Waals surface area contributed by atoms with Gasteiger partial charge in [0.2, 0.25) is 5.91 Å². The fourth-order valence-electron chi connectivity index (χ4n) is 2.34. The SMILES string of the molecule is CC(=O)N(C)c1ccc(Nc2nc(N(N)[C@H](C)CC=O)cnc2C(N)=O)cc1. The third-order valence-corrected chi connectivity index (χ3v) is 4.16. The van der Waals surface area contributed by atoms with Crippen molar-refractivity contribution in [3.8, 4) is 0 Å². The van der Waals surface area contributed by atoms with Crippen molar-refractivity contribution in [3.05, 3.63) is 36.2 Å². The van der Waals surface area contributed by atoms with Gasteiger partial charge in [-0.15, -0.1) is 0 Å². The molecule has 0 radical (unpaired) electrons. The molecule has 10 nitrogen and oxygen atoms in total. The minimum absolute atomic E-state index is 0.0508. The molecule has 1 aromatic heterocycles. The van der Waals surface area contributed by atoms with E-state index in [0.29, 0.717) is 11.4 Å². The number of nitrogens with two attached hydrogens (primary N) is 2. The van der Waals surface area contributed by atoms with E-state index in [1.54, 1.807) is 38.2 Å². The van der Waals surface area contributed by atoms with Crippen LogP contribution in [0.3, 0.4) is 0 Å². The van der Waals surface area contributed by atoms with Crippen LogP contribution in [0.15, 0.2) is 30.5 Å². The second kappa shape index (κ2) is 8.91. The summed E-state index contributed by atoms with van der Waals surface area (Å²) in [5.74, 6) is 5.54. The van der Waals surface area contributed by atoms with Crippen LogP contribution in [0, 0.1) is 0 Å². The van der Waals surface area contributed by atoms with E-state index in [1.165, 1.54) is 23.0 Å². The van der Waals surface area contributed by atoms with Gasteiger partial charge in [0.1, 0.15) is 6.29 Å². The van der Waals surface area contributed by atoms with E-state index in [1.807, 2.05) is 0 Å². The number of rotatable bonds is 8. The van der Waals surface area contributed by atoms with Gasteiger partial charge >= 0.3 is 0 Å². The van der Waals surface area contributed by atoms with E-state index in [9.17, 15) is 14.4 Å². The lowest BCUT2D eigenvalue weighted by Crippen LogP contribution is -2.40. The molecule has 148 valence electrons. The van der Waals surface area contributed by atoms with Crippen molar-refractivity contribution in [1.82, 2.24) is 9.97 Å². The molecule has 5 N–H and O–H groups in total. The van der Waals surface area contributed by atoms with Crippen molar-refractivity contribution < 1.29 is 14.4 Å². The smallest absolute Gasteiger partial charge is 0.271 e. The zero-order valence-corrected chi connectivity index (χ0v) is 15.9. The first-order chi connectivity index (χ1) is 13.2. The zero-order chi connectivity index (χ0) is 20.8. The molecule has 0 aliphatic rings. The number of hydrogen-bond donors (Lipinski definition) is 3. The van der Waals surface area contributed by atoms with E-state index in [0.717, 1.165) is 6.29 Å². The number of carbonyl (C=O) groups excluding carboxylic acids is 3. The molecular weight excluding hydrogens is 362 g/mol. The molecule has 1 aromatic carbocycles. The second-order valence-electron chi connectivity index (χ2n) is 6.20. The molecule has 0 spiro atoms. The summed E-state index contributed by atoms with van der Waals surface area (Å²) in [6.07, 6.45) is 2.29. The molecule has 2 rings (SSSR count). The molecule has 28 heavy (non-hydrogen) atoms. The summed E-state index contributed by atoms with van der Waals surface area (Å²) in [7, 11) is 1.67. The number of aromatic nitrogens is 2. The minimum atomic E-state index is -0.751. The number of nitrogens with one attached hydrogen (secondary N) is 1. The number of aldehydes is 1. The lowest BCUT2D eigenvalue weighted by atomic mass is 10.2. The molecule has 0 bridgehead atoms. The number of primary amides is 1. The van der Waals surface area contributed by atoms with Crippen molar-refractivity contribution in [2.45, 2.75) is 26.3 Å². The molecule has 2 aromatic rings. The van der Waals surface area contributed by atoms with Crippen molar-refractivity contribution in [1.29, 1.82) is 0 Å². The van der Waals surface area contributed by atoms with Crippen molar-refractivity contribution >= 4 is 41.1 Å². The summed E-state index contributed by atoms with van der Waals surface area (Å²) in [6.45, 7) is 3.23. The van der Waals surface area contributed by atoms with Crippen LogP contribution < -0.4 is 26.8 Å². The summed E-state index contributed by atoms with van der Waals surface area (Å²) >= 11 is 0. The molecule has 0 unspecified atom stereocenters.